The van der Waals surface area contributed by atoms with Gasteiger partial charge in [0.25, 0.3) is 0 Å². The first kappa shape index (κ1) is 19.2. The number of hydrogen-bond donors (Lipinski definition) is 0. The molecule has 3 heterocycles. The van der Waals surface area contributed by atoms with Gasteiger partial charge >= 0.3 is 0 Å². The Balaban J connectivity index is 1.52. The number of morpholine rings is 1. The van der Waals surface area contributed by atoms with Crippen molar-refractivity contribution in [2.45, 2.75) is 31.1 Å². The van der Waals surface area contributed by atoms with Crippen molar-refractivity contribution >= 4 is 40.3 Å². The van der Waals surface area contributed by atoms with E-state index in [-0.39, 0.29) is 18.1 Å². The summed E-state index contributed by atoms with van der Waals surface area (Å²) < 4.78 is 7.44. The van der Waals surface area contributed by atoms with E-state index in [9.17, 15) is 4.79 Å². The van der Waals surface area contributed by atoms with E-state index in [0.717, 1.165) is 16.1 Å². The first-order chi connectivity index (χ1) is 13.5. The standard InChI is InChI=1S/C19H20ClN5O2S/c1-12-8-24(9-13(2)27-12)17(26)10-28-19-16-7-23-25(18(16)21-11-22-19)15-5-3-14(20)4-6-15/h3-7,11-13H,8-10H2,1-2H3/t12-,13+. The number of nitrogens with zero attached hydrogens (tertiary/aromatic N) is 5. The normalized spacial score (nSPS) is 19.9. The molecule has 0 bridgehead atoms. The zero-order chi connectivity index (χ0) is 19.7. The fraction of sp³-hybridized carbons (Fsp3) is 0.368. The van der Waals surface area contributed by atoms with Crippen LogP contribution in [-0.2, 0) is 9.53 Å². The molecular formula is C19H20ClN5O2S. The lowest BCUT2D eigenvalue weighted by Crippen LogP contribution is -2.48. The summed E-state index contributed by atoms with van der Waals surface area (Å²) in [5, 5.41) is 6.66. The van der Waals surface area contributed by atoms with E-state index in [1.807, 2.05) is 43.0 Å². The van der Waals surface area contributed by atoms with Crippen molar-refractivity contribution in [3.05, 3.63) is 41.8 Å². The van der Waals surface area contributed by atoms with Crippen molar-refractivity contribution in [1.29, 1.82) is 0 Å². The Labute approximate surface area is 172 Å². The molecular weight excluding hydrogens is 398 g/mol. The summed E-state index contributed by atoms with van der Waals surface area (Å²) in [4.78, 5) is 23.2. The van der Waals surface area contributed by atoms with Crippen LogP contribution in [0.15, 0.2) is 41.8 Å². The quantitative estimate of drug-likeness (QED) is 0.479. The molecule has 0 radical (unpaired) electrons. The topological polar surface area (TPSA) is 73.1 Å². The van der Waals surface area contributed by atoms with Crippen LogP contribution in [0.25, 0.3) is 16.7 Å². The lowest BCUT2D eigenvalue weighted by atomic mass is 10.2. The summed E-state index contributed by atoms with van der Waals surface area (Å²) in [6, 6.07) is 7.39. The second kappa shape index (κ2) is 8.06. The van der Waals surface area contributed by atoms with E-state index in [1.165, 1.54) is 18.1 Å². The highest BCUT2D eigenvalue weighted by Gasteiger charge is 2.26. The maximum absolute atomic E-state index is 12.6. The van der Waals surface area contributed by atoms with E-state index in [1.54, 1.807) is 10.9 Å². The summed E-state index contributed by atoms with van der Waals surface area (Å²) in [5.41, 5.74) is 1.56. The molecule has 1 saturated heterocycles. The summed E-state index contributed by atoms with van der Waals surface area (Å²) in [6.45, 7) is 5.22. The second-order valence-electron chi connectivity index (χ2n) is 6.79. The molecule has 1 aromatic carbocycles. The number of rotatable bonds is 4. The maximum atomic E-state index is 12.6. The van der Waals surface area contributed by atoms with Gasteiger partial charge < -0.3 is 9.64 Å². The van der Waals surface area contributed by atoms with Gasteiger partial charge in [-0.1, -0.05) is 23.4 Å². The van der Waals surface area contributed by atoms with Gasteiger partial charge in [-0.2, -0.15) is 5.10 Å². The monoisotopic (exact) mass is 417 g/mol. The van der Waals surface area contributed by atoms with Crippen LogP contribution in [0.5, 0.6) is 0 Å². The van der Waals surface area contributed by atoms with E-state index in [2.05, 4.69) is 15.1 Å². The highest BCUT2D eigenvalue weighted by atomic mass is 35.5. The number of ether oxygens (including phenoxy) is 1. The zero-order valence-corrected chi connectivity index (χ0v) is 17.2. The van der Waals surface area contributed by atoms with Crippen molar-refractivity contribution in [2.24, 2.45) is 0 Å². The summed E-state index contributed by atoms with van der Waals surface area (Å²) in [5.74, 6) is 0.404. The van der Waals surface area contributed by atoms with Crippen LogP contribution in [0.1, 0.15) is 13.8 Å². The van der Waals surface area contributed by atoms with Gasteiger partial charge in [0.2, 0.25) is 5.91 Å². The average molecular weight is 418 g/mol. The van der Waals surface area contributed by atoms with Crippen molar-refractivity contribution in [1.82, 2.24) is 24.6 Å². The zero-order valence-electron chi connectivity index (χ0n) is 15.6. The fourth-order valence-corrected chi connectivity index (χ4v) is 4.30. The van der Waals surface area contributed by atoms with Gasteiger partial charge in [-0.25, -0.2) is 14.6 Å². The molecule has 1 amide bonds. The van der Waals surface area contributed by atoms with E-state index < -0.39 is 0 Å². The molecule has 9 heteroatoms. The third-order valence-corrected chi connectivity index (χ3v) is 5.75. The average Bonchev–Trinajstić information content (AvgIpc) is 3.10. The van der Waals surface area contributed by atoms with Gasteiger partial charge in [0.15, 0.2) is 5.65 Å². The number of hydrogen-bond acceptors (Lipinski definition) is 6. The van der Waals surface area contributed by atoms with E-state index >= 15 is 0 Å². The molecule has 2 aromatic heterocycles. The maximum Gasteiger partial charge on any atom is 0.233 e. The Morgan fingerprint density at radius 1 is 1.21 bits per heavy atom. The summed E-state index contributed by atoms with van der Waals surface area (Å²) >= 11 is 7.37. The molecule has 146 valence electrons. The number of thioether (sulfide) groups is 1. The minimum absolute atomic E-state index is 0.0565. The Hall–Kier alpha value is -2.16. The highest BCUT2D eigenvalue weighted by Crippen LogP contribution is 2.26. The third-order valence-electron chi connectivity index (χ3n) is 4.51. The SMILES string of the molecule is C[C@@H]1CN(C(=O)CSc2ncnc3c2cnn3-c2ccc(Cl)cc2)C[C@H](C)O1. The van der Waals surface area contributed by atoms with Crippen LogP contribution in [0.4, 0.5) is 0 Å². The Kier molecular flexibility index (Phi) is 5.52. The molecule has 1 aliphatic heterocycles. The van der Waals surface area contributed by atoms with Crippen molar-refractivity contribution in [3.63, 3.8) is 0 Å². The van der Waals surface area contributed by atoms with Gasteiger partial charge in [0, 0.05) is 18.1 Å². The van der Waals surface area contributed by atoms with Crippen LogP contribution in [0, 0.1) is 0 Å². The number of amides is 1. The largest absolute Gasteiger partial charge is 0.372 e. The minimum Gasteiger partial charge on any atom is -0.372 e. The van der Waals surface area contributed by atoms with Gasteiger partial charge in [-0.05, 0) is 38.1 Å². The van der Waals surface area contributed by atoms with Crippen LogP contribution >= 0.6 is 23.4 Å². The number of halogens is 1. The van der Waals surface area contributed by atoms with Crippen LogP contribution in [0.2, 0.25) is 5.02 Å². The molecule has 3 aromatic rings. The minimum atomic E-state index is 0.0565. The lowest BCUT2D eigenvalue weighted by Gasteiger charge is -2.35. The Bertz CT molecular complexity index is 984. The fourth-order valence-electron chi connectivity index (χ4n) is 3.31. The molecule has 4 rings (SSSR count). The second-order valence-corrected chi connectivity index (χ2v) is 8.19. The molecule has 0 aliphatic carbocycles. The first-order valence-corrected chi connectivity index (χ1v) is 10.4. The van der Waals surface area contributed by atoms with Crippen LogP contribution < -0.4 is 0 Å². The van der Waals surface area contributed by atoms with E-state index in [0.29, 0.717) is 29.5 Å². The molecule has 0 spiro atoms. The number of fused-ring (bicyclic) bond motifs is 1. The molecule has 0 saturated carbocycles. The van der Waals surface area contributed by atoms with Crippen molar-refractivity contribution in [2.75, 3.05) is 18.8 Å². The smallest absolute Gasteiger partial charge is 0.233 e. The predicted octanol–water partition coefficient (Wildman–Crippen LogP) is 3.20. The summed E-state index contributed by atoms with van der Waals surface area (Å²) in [6.07, 6.45) is 3.35. The Morgan fingerprint density at radius 3 is 2.64 bits per heavy atom. The molecule has 28 heavy (non-hydrogen) atoms. The molecule has 1 aliphatic rings. The molecule has 1 fully saturated rings. The number of aromatic nitrogens is 4. The summed E-state index contributed by atoms with van der Waals surface area (Å²) in [7, 11) is 0. The number of benzene rings is 1. The van der Waals surface area contributed by atoms with Crippen molar-refractivity contribution in [3.8, 4) is 5.69 Å². The lowest BCUT2D eigenvalue weighted by molar-refractivity contribution is -0.140. The number of carbonyl (C=O) groups excluding carboxylic acids is 1. The highest BCUT2D eigenvalue weighted by molar-refractivity contribution is 8.00. The third kappa shape index (κ3) is 3.99. The van der Waals surface area contributed by atoms with Crippen LogP contribution in [-0.4, -0.2) is 61.6 Å². The first-order valence-electron chi connectivity index (χ1n) is 9.02. The van der Waals surface area contributed by atoms with Crippen LogP contribution in [0.3, 0.4) is 0 Å². The predicted molar refractivity (Wildman–Crippen MR) is 109 cm³/mol. The molecule has 2 atom stereocenters. The Morgan fingerprint density at radius 2 is 1.93 bits per heavy atom. The van der Waals surface area contributed by atoms with Gasteiger partial charge in [-0.15, -0.1) is 0 Å². The van der Waals surface area contributed by atoms with E-state index in [4.69, 9.17) is 16.3 Å². The molecule has 0 N–H and O–H groups in total. The molecule has 0 unspecified atom stereocenters. The van der Waals surface area contributed by atoms with Gasteiger partial charge in [-0.3, -0.25) is 4.79 Å². The number of carbonyl (C=O) groups is 1. The van der Waals surface area contributed by atoms with Gasteiger partial charge in [0.1, 0.15) is 11.4 Å². The molecule has 7 nitrogen and oxygen atoms in total. The van der Waals surface area contributed by atoms with Gasteiger partial charge in [0.05, 0.1) is 35.2 Å². The van der Waals surface area contributed by atoms with Crippen molar-refractivity contribution < 1.29 is 9.53 Å².